The minimum atomic E-state index is -4.44. The van der Waals surface area contributed by atoms with Crippen molar-refractivity contribution >= 4 is 11.0 Å². The highest BCUT2D eigenvalue weighted by atomic mass is 19.4. The Bertz CT molecular complexity index is 630. The number of aryl methyl sites for hydroxylation is 1. The zero-order chi connectivity index (χ0) is 13.6. The van der Waals surface area contributed by atoms with Crippen LogP contribution in [0.5, 0.6) is 0 Å². The summed E-state index contributed by atoms with van der Waals surface area (Å²) in [4.78, 5) is 3.73. The molecule has 0 spiro atoms. The van der Waals surface area contributed by atoms with Crippen molar-refractivity contribution in [2.24, 2.45) is 0 Å². The van der Waals surface area contributed by atoms with E-state index in [0.717, 1.165) is 16.6 Å². The molecule has 7 heteroatoms. The van der Waals surface area contributed by atoms with E-state index in [4.69, 9.17) is 0 Å². The molecule has 2 aromatic heterocycles. The van der Waals surface area contributed by atoms with Crippen LogP contribution >= 0.6 is 0 Å². The minimum Gasteiger partial charge on any atom is -0.316 e. The third-order valence-electron chi connectivity index (χ3n) is 3.47. The summed E-state index contributed by atoms with van der Waals surface area (Å²) in [5, 5.41) is 10.5. The molecule has 0 radical (unpaired) electrons. The second-order valence-corrected chi connectivity index (χ2v) is 4.71. The van der Waals surface area contributed by atoms with E-state index in [1.807, 2.05) is 6.92 Å². The number of fused-ring (bicyclic) bond motifs is 3. The molecule has 1 aliphatic rings. The molecule has 3 rings (SSSR count). The van der Waals surface area contributed by atoms with Crippen LogP contribution in [0.15, 0.2) is 0 Å². The highest BCUT2D eigenvalue weighted by Gasteiger charge is 2.37. The van der Waals surface area contributed by atoms with E-state index >= 15 is 0 Å². The SMILES string of the molecule is Cc1[nH]nc2nc(C(F)(F)F)c3c(c12)CCNCC3. The van der Waals surface area contributed by atoms with Gasteiger partial charge in [-0.25, -0.2) is 4.98 Å². The van der Waals surface area contributed by atoms with Crippen molar-refractivity contribution in [3.8, 4) is 0 Å². The summed E-state index contributed by atoms with van der Waals surface area (Å²) < 4.78 is 39.4. The quantitative estimate of drug-likeness (QED) is 0.769. The number of aromatic nitrogens is 3. The van der Waals surface area contributed by atoms with Gasteiger partial charge in [-0.3, -0.25) is 5.10 Å². The zero-order valence-corrected chi connectivity index (χ0v) is 10.4. The van der Waals surface area contributed by atoms with Crippen LogP contribution in [0.4, 0.5) is 13.2 Å². The van der Waals surface area contributed by atoms with E-state index in [0.29, 0.717) is 31.5 Å². The van der Waals surface area contributed by atoms with Crippen LogP contribution in [-0.2, 0) is 19.0 Å². The monoisotopic (exact) mass is 270 g/mol. The van der Waals surface area contributed by atoms with Gasteiger partial charge in [0.15, 0.2) is 11.3 Å². The van der Waals surface area contributed by atoms with Gasteiger partial charge in [0.25, 0.3) is 0 Å². The number of hydrogen-bond acceptors (Lipinski definition) is 3. The molecule has 4 nitrogen and oxygen atoms in total. The molecule has 0 saturated heterocycles. The number of halogens is 3. The van der Waals surface area contributed by atoms with E-state index in [-0.39, 0.29) is 5.65 Å². The van der Waals surface area contributed by atoms with Crippen LogP contribution in [0.3, 0.4) is 0 Å². The Hall–Kier alpha value is -1.63. The number of aromatic amines is 1. The first kappa shape index (κ1) is 12.4. The molecule has 19 heavy (non-hydrogen) atoms. The van der Waals surface area contributed by atoms with E-state index in [2.05, 4.69) is 20.5 Å². The lowest BCUT2D eigenvalue weighted by molar-refractivity contribution is -0.141. The van der Waals surface area contributed by atoms with Crippen molar-refractivity contribution in [1.82, 2.24) is 20.5 Å². The number of hydrogen-bond donors (Lipinski definition) is 2. The smallest absolute Gasteiger partial charge is 0.316 e. The molecule has 1 aliphatic heterocycles. The van der Waals surface area contributed by atoms with Crippen LogP contribution in [-0.4, -0.2) is 28.3 Å². The molecule has 3 heterocycles. The third kappa shape index (κ3) is 1.98. The van der Waals surface area contributed by atoms with Gasteiger partial charge in [0.2, 0.25) is 0 Å². The Morgan fingerprint density at radius 1 is 1.11 bits per heavy atom. The van der Waals surface area contributed by atoms with Crippen LogP contribution < -0.4 is 5.32 Å². The van der Waals surface area contributed by atoms with Crippen molar-refractivity contribution in [3.05, 3.63) is 22.5 Å². The number of alkyl halides is 3. The molecular formula is C12H13F3N4. The van der Waals surface area contributed by atoms with Crippen LogP contribution in [0.1, 0.15) is 22.5 Å². The predicted molar refractivity (Wildman–Crippen MR) is 63.9 cm³/mol. The maximum atomic E-state index is 13.1. The third-order valence-corrected chi connectivity index (χ3v) is 3.47. The highest BCUT2D eigenvalue weighted by Crippen LogP contribution is 2.36. The Kier molecular flexibility index (Phi) is 2.74. The Balaban J connectivity index is 2.36. The van der Waals surface area contributed by atoms with Gasteiger partial charge in [-0.2, -0.15) is 18.3 Å². The molecule has 0 amide bonds. The molecule has 0 saturated carbocycles. The maximum Gasteiger partial charge on any atom is 0.433 e. The van der Waals surface area contributed by atoms with Crippen molar-refractivity contribution in [3.63, 3.8) is 0 Å². The second kappa shape index (κ2) is 4.19. The lowest BCUT2D eigenvalue weighted by Crippen LogP contribution is -2.17. The topological polar surface area (TPSA) is 53.6 Å². The number of nitrogens with one attached hydrogen (secondary N) is 2. The number of rotatable bonds is 0. The van der Waals surface area contributed by atoms with Crippen LogP contribution in [0.25, 0.3) is 11.0 Å². The van der Waals surface area contributed by atoms with Crippen LogP contribution in [0.2, 0.25) is 0 Å². The van der Waals surface area contributed by atoms with Crippen molar-refractivity contribution in [2.45, 2.75) is 25.9 Å². The van der Waals surface area contributed by atoms with Gasteiger partial charge in [0, 0.05) is 11.1 Å². The van der Waals surface area contributed by atoms with Crippen LogP contribution in [0, 0.1) is 6.92 Å². The Morgan fingerprint density at radius 3 is 2.47 bits per heavy atom. The molecule has 0 bridgehead atoms. The molecule has 0 atom stereocenters. The Morgan fingerprint density at radius 2 is 1.79 bits per heavy atom. The van der Waals surface area contributed by atoms with Gasteiger partial charge in [0.1, 0.15) is 0 Å². The molecule has 2 N–H and O–H groups in total. The number of nitrogens with zero attached hydrogens (tertiary/aromatic N) is 2. The van der Waals surface area contributed by atoms with E-state index in [9.17, 15) is 13.2 Å². The molecule has 0 aromatic carbocycles. The van der Waals surface area contributed by atoms with Crippen molar-refractivity contribution < 1.29 is 13.2 Å². The van der Waals surface area contributed by atoms with E-state index in [1.54, 1.807) is 0 Å². The average molecular weight is 270 g/mol. The first-order valence-corrected chi connectivity index (χ1v) is 6.13. The van der Waals surface area contributed by atoms with Gasteiger partial charge in [-0.1, -0.05) is 0 Å². The second-order valence-electron chi connectivity index (χ2n) is 4.71. The van der Waals surface area contributed by atoms with E-state index < -0.39 is 11.9 Å². The standard InChI is InChI=1S/C12H13F3N4/c1-6-9-7-2-4-16-5-3-8(7)10(12(13,14)15)17-11(9)19-18-6/h16H,2-5H2,1H3,(H,17,18,19). The predicted octanol–water partition coefficient (Wildman–Crippen LogP) is 1.97. The zero-order valence-electron chi connectivity index (χ0n) is 10.4. The highest BCUT2D eigenvalue weighted by molar-refractivity contribution is 5.83. The molecular weight excluding hydrogens is 257 g/mol. The molecule has 102 valence electrons. The van der Waals surface area contributed by atoms with Gasteiger partial charge >= 0.3 is 6.18 Å². The summed E-state index contributed by atoms with van der Waals surface area (Å²) >= 11 is 0. The molecule has 0 unspecified atom stereocenters. The number of H-pyrrole nitrogens is 1. The summed E-state index contributed by atoms with van der Waals surface area (Å²) in [6.07, 6.45) is -3.52. The lowest BCUT2D eigenvalue weighted by atomic mass is 9.97. The van der Waals surface area contributed by atoms with Gasteiger partial charge in [-0.05, 0) is 44.0 Å². The largest absolute Gasteiger partial charge is 0.433 e. The summed E-state index contributed by atoms with van der Waals surface area (Å²) in [5.41, 5.74) is 1.19. The Labute approximate surface area is 107 Å². The molecule has 2 aromatic rings. The van der Waals surface area contributed by atoms with Crippen molar-refractivity contribution in [2.75, 3.05) is 13.1 Å². The fraction of sp³-hybridized carbons (Fsp3) is 0.500. The average Bonchev–Trinajstić information content (AvgIpc) is 2.58. The summed E-state index contributed by atoms with van der Waals surface area (Å²) in [7, 11) is 0. The number of pyridine rings is 1. The van der Waals surface area contributed by atoms with Gasteiger partial charge in [-0.15, -0.1) is 0 Å². The van der Waals surface area contributed by atoms with Gasteiger partial charge in [0.05, 0.1) is 0 Å². The van der Waals surface area contributed by atoms with Crippen molar-refractivity contribution in [1.29, 1.82) is 0 Å². The fourth-order valence-corrected chi connectivity index (χ4v) is 2.66. The summed E-state index contributed by atoms with van der Waals surface area (Å²) in [6, 6.07) is 0. The maximum absolute atomic E-state index is 13.1. The summed E-state index contributed by atoms with van der Waals surface area (Å²) in [6.45, 7) is 3.02. The molecule has 0 aliphatic carbocycles. The normalized spacial score (nSPS) is 16.4. The lowest BCUT2D eigenvalue weighted by Gasteiger charge is -2.14. The summed E-state index contributed by atoms with van der Waals surface area (Å²) in [5.74, 6) is 0. The minimum absolute atomic E-state index is 0.158. The molecule has 0 fully saturated rings. The van der Waals surface area contributed by atoms with Gasteiger partial charge < -0.3 is 5.32 Å². The fourth-order valence-electron chi connectivity index (χ4n) is 2.66. The van der Waals surface area contributed by atoms with E-state index in [1.165, 1.54) is 0 Å². The first-order chi connectivity index (χ1) is 8.98. The first-order valence-electron chi connectivity index (χ1n) is 6.13.